The highest BCUT2D eigenvalue weighted by Crippen LogP contribution is 2.36. The minimum atomic E-state index is -3.63. The molecule has 228 valence electrons. The van der Waals surface area contributed by atoms with Crippen LogP contribution in [0.5, 0.6) is 17.2 Å². The molecule has 0 fully saturated rings. The molecule has 0 aromatic heterocycles. The standard InChI is InChI=1S/C38H46O4S/c1-9-36(4,5)42-33-20-14-29(15-21-33)37(6,7)28-12-18-31(19-13-28)41-32-22-26-35(27-23-32)43(39,40)34-24-16-30(17-25-34)38(8,10-2)11-3/h12-27H,9-11H2,1-8H3. The summed E-state index contributed by atoms with van der Waals surface area (Å²) in [5.41, 5.74) is 3.15. The second kappa shape index (κ2) is 12.6. The van der Waals surface area contributed by atoms with E-state index in [0.717, 1.165) is 36.1 Å². The first-order chi connectivity index (χ1) is 20.2. The third-order valence-electron chi connectivity index (χ3n) is 9.19. The first-order valence-electron chi connectivity index (χ1n) is 15.3. The van der Waals surface area contributed by atoms with Crippen LogP contribution < -0.4 is 9.47 Å². The lowest BCUT2D eigenvalue weighted by molar-refractivity contribution is 0.105. The second-order valence-corrected chi connectivity index (χ2v) is 14.7. The van der Waals surface area contributed by atoms with Crippen LogP contribution in [0.1, 0.15) is 91.3 Å². The summed E-state index contributed by atoms with van der Waals surface area (Å²) in [6, 6.07) is 30.3. The fraction of sp³-hybridized carbons (Fsp3) is 0.368. The lowest BCUT2D eigenvalue weighted by atomic mass is 9.78. The molecule has 0 amide bonds. The Morgan fingerprint density at radius 3 is 1.30 bits per heavy atom. The topological polar surface area (TPSA) is 52.6 Å². The summed E-state index contributed by atoms with van der Waals surface area (Å²) in [6.45, 7) is 17.3. The molecular formula is C38H46O4S. The van der Waals surface area contributed by atoms with Crippen molar-refractivity contribution in [1.82, 2.24) is 0 Å². The highest BCUT2D eigenvalue weighted by molar-refractivity contribution is 7.91. The average molecular weight is 599 g/mol. The molecule has 5 heteroatoms. The summed E-state index contributed by atoms with van der Waals surface area (Å²) >= 11 is 0. The van der Waals surface area contributed by atoms with Crippen LogP contribution in [0.3, 0.4) is 0 Å². The quantitative estimate of drug-likeness (QED) is 0.163. The Balaban J connectivity index is 1.44. The molecule has 0 unspecified atom stereocenters. The molecule has 0 atom stereocenters. The Morgan fingerprint density at radius 2 is 0.884 bits per heavy atom. The van der Waals surface area contributed by atoms with Gasteiger partial charge in [-0.15, -0.1) is 0 Å². The SMILES string of the molecule is CCC(C)(C)Oc1ccc(C(C)(C)c2ccc(Oc3ccc(S(=O)(=O)c4ccc(C(C)(CC)CC)cc4)cc3)cc2)cc1. The Kier molecular flexibility index (Phi) is 9.46. The lowest BCUT2D eigenvalue weighted by Gasteiger charge is -2.28. The molecule has 0 radical (unpaired) electrons. The molecule has 0 N–H and O–H groups in total. The number of hydrogen-bond donors (Lipinski definition) is 0. The Labute approximate surface area is 259 Å². The molecule has 0 aliphatic carbocycles. The number of hydrogen-bond acceptors (Lipinski definition) is 4. The van der Waals surface area contributed by atoms with Gasteiger partial charge < -0.3 is 9.47 Å². The van der Waals surface area contributed by atoms with Gasteiger partial charge in [-0.2, -0.15) is 0 Å². The molecule has 0 heterocycles. The van der Waals surface area contributed by atoms with Gasteiger partial charge >= 0.3 is 0 Å². The zero-order valence-electron chi connectivity index (χ0n) is 26.9. The molecule has 0 bridgehead atoms. The molecule has 0 aliphatic rings. The van der Waals surface area contributed by atoms with Gasteiger partial charge in [-0.05, 0) is 116 Å². The van der Waals surface area contributed by atoms with Gasteiger partial charge in [0.25, 0.3) is 0 Å². The van der Waals surface area contributed by atoms with Gasteiger partial charge in [0.2, 0.25) is 9.84 Å². The molecule has 0 spiro atoms. The fourth-order valence-electron chi connectivity index (χ4n) is 5.09. The third kappa shape index (κ3) is 7.15. The molecule has 0 aliphatic heterocycles. The van der Waals surface area contributed by atoms with E-state index in [1.54, 1.807) is 36.4 Å². The summed E-state index contributed by atoms with van der Waals surface area (Å²) < 4.78 is 38.8. The fourth-order valence-corrected chi connectivity index (χ4v) is 6.35. The van der Waals surface area contributed by atoms with Crippen LogP contribution in [0.4, 0.5) is 0 Å². The molecule has 4 rings (SSSR count). The number of sulfone groups is 1. The molecule has 4 nitrogen and oxygen atoms in total. The molecule has 0 saturated carbocycles. The molecule has 0 saturated heterocycles. The maximum atomic E-state index is 13.3. The Hall–Kier alpha value is -3.57. The smallest absolute Gasteiger partial charge is 0.206 e. The van der Waals surface area contributed by atoms with Crippen LogP contribution in [0.25, 0.3) is 0 Å². The highest BCUT2D eigenvalue weighted by Gasteiger charge is 2.25. The van der Waals surface area contributed by atoms with E-state index in [-0.39, 0.29) is 21.3 Å². The molecule has 4 aromatic rings. The van der Waals surface area contributed by atoms with Gasteiger partial charge in [0, 0.05) is 5.41 Å². The van der Waals surface area contributed by atoms with Gasteiger partial charge in [-0.25, -0.2) is 8.42 Å². The monoisotopic (exact) mass is 598 g/mol. The van der Waals surface area contributed by atoms with Crippen LogP contribution in [0.2, 0.25) is 0 Å². The zero-order chi connectivity index (χ0) is 31.5. The van der Waals surface area contributed by atoms with E-state index in [4.69, 9.17) is 9.47 Å². The number of rotatable bonds is 12. The largest absolute Gasteiger partial charge is 0.488 e. The van der Waals surface area contributed by atoms with E-state index in [9.17, 15) is 8.42 Å². The van der Waals surface area contributed by atoms with Gasteiger partial charge in [0.05, 0.1) is 9.79 Å². The van der Waals surface area contributed by atoms with Crippen molar-refractivity contribution in [3.05, 3.63) is 114 Å². The Bertz CT molecular complexity index is 1590. The zero-order valence-corrected chi connectivity index (χ0v) is 27.7. The van der Waals surface area contributed by atoms with Gasteiger partial charge in [-0.3, -0.25) is 0 Å². The molecule has 43 heavy (non-hydrogen) atoms. The van der Waals surface area contributed by atoms with Crippen molar-refractivity contribution in [2.24, 2.45) is 0 Å². The van der Waals surface area contributed by atoms with Crippen molar-refractivity contribution in [2.45, 2.75) is 101 Å². The van der Waals surface area contributed by atoms with Crippen molar-refractivity contribution in [2.75, 3.05) is 0 Å². The van der Waals surface area contributed by atoms with E-state index < -0.39 is 9.84 Å². The van der Waals surface area contributed by atoms with Crippen molar-refractivity contribution >= 4 is 9.84 Å². The van der Waals surface area contributed by atoms with Gasteiger partial charge in [0.15, 0.2) is 0 Å². The van der Waals surface area contributed by atoms with Crippen molar-refractivity contribution in [1.29, 1.82) is 0 Å². The van der Waals surface area contributed by atoms with Gasteiger partial charge in [-0.1, -0.05) is 77.9 Å². The third-order valence-corrected chi connectivity index (χ3v) is 11.0. The predicted molar refractivity (Wildman–Crippen MR) is 176 cm³/mol. The van der Waals surface area contributed by atoms with Crippen molar-refractivity contribution in [3.63, 3.8) is 0 Å². The van der Waals surface area contributed by atoms with Crippen LogP contribution in [0.15, 0.2) is 107 Å². The average Bonchev–Trinajstić information content (AvgIpc) is 3.01. The summed E-state index contributed by atoms with van der Waals surface area (Å²) in [6.07, 6.45) is 2.93. The number of ether oxygens (including phenoxy) is 2. The number of benzene rings is 4. The van der Waals surface area contributed by atoms with Crippen LogP contribution in [0, 0.1) is 0 Å². The molecular weight excluding hydrogens is 552 g/mol. The van der Waals surface area contributed by atoms with E-state index in [2.05, 4.69) is 79.7 Å². The summed E-state index contributed by atoms with van der Waals surface area (Å²) in [5, 5.41) is 0. The van der Waals surface area contributed by atoms with Crippen molar-refractivity contribution in [3.8, 4) is 17.2 Å². The molecule has 4 aromatic carbocycles. The summed E-state index contributed by atoms with van der Waals surface area (Å²) in [7, 11) is -3.63. The van der Waals surface area contributed by atoms with Crippen LogP contribution in [-0.4, -0.2) is 14.0 Å². The van der Waals surface area contributed by atoms with E-state index in [1.807, 2.05) is 36.4 Å². The highest BCUT2D eigenvalue weighted by atomic mass is 32.2. The first-order valence-corrected chi connectivity index (χ1v) is 16.8. The Morgan fingerprint density at radius 1 is 0.512 bits per heavy atom. The van der Waals surface area contributed by atoms with E-state index >= 15 is 0 Å². The normalized spacial score (nSPS) is 12.7. The maximum Gasteiger partial charge on any atom is 0.206 e. The lowest BCUT2D eigenvalue weighted by Crippen LogP contribution is -2.26. The second-order valence-electron chi connectivity index (χ2n) is 12.8. The van der Waals surface area contributed by atoms with Crippen LogP contribution >= 0.6 is 0 Å². The van der Waals surface area contributed by atoms with E-state index in [0.29, 0.717) is 16.4 Å². The minimum Gasteiger partial charge on any atom is -0.488 e. The summed E-state index contributed by atoms with van der Waals surface area (Å²) in [5.74, 6) is 2.14. The predicted octanol–water partition coefficient (Wildman–Crippen LogP) is 10.3. The van der Waals surface area contributed by atoms with E-state index in [1.165, 1.54) is 5.56 Å². The first kappa shape index (κ1) is 32.3. The maximum absolute atomic E-state index is 13.3. The minimum absolute atomic E-state index is 0.0435. The van der Waals surface area contributed by atoms with Gasteiger partial charge in [0.1, 0.15) is 22.8 Å². The van der Waals surface area contributed by atoms with Crippen LogP contribution in [-0.2, 0) is 20.7 Å². The summed E-state index contributed by atoms with van der Waals surface area (Å²) in [4.78, 5) is 0.540. The van der Waals surface area contributed by atoms with Crippen molar-refractivity contribution < 1.29 is 17.9 Å².